The zero-order valence-electron chi connectivity index (χ0n) is 12.6. The Morgan fingerprint density at radius 3 is 2.00 bits per heavy atom. The highest BCUT2D eigenvalue weighted by molar-refractivity contribution is 7.86. The number of ketones is 1. The van der Waals surface area contributed by atoms with E-state index in [1.54, 1.807) is 33.2 Å². The zero-order chi connectivity index (χ0) is 15.6. The van der Waals surface area contributed by atoms with E-state index in [4.69, 9.17) is 0 Å². The van der Waals surface area contributed by atoms with Crippen LogP contribution in [0.15, 0.2) is 24.3 Å². The van der Waals surface area contributed by atoms with Gasteiger partial charge < -0.3 is 4.90 Å². The largest absolute Gasteiger partial charge is 0.369 e. The predicted molar refractivity (Wildman–Crippen MR) is 82.8 cm³/mol. The maximum Gasteiger partial charge on any atom is 0.281 e. The summed E-state index contributed by atoms with van der Waals surface area (Å²) in [6.07, 6.45) is 0. The summed E-state index contributed by atoms with van der Waals surface area (Å²) in [4.78, 5) is 13.4. The van der Waals surface area contributed by atoms with E-state index in [-0.39, 0.29) is 5.78 Å². The first-order valence-electron chi connectivity index (χ1n) is 6.86. The molecule has 0 saturated carbocycles. The molecule has 1 aliphatic heterocycles. The summed E-state index contributed by atoms with van der Waals surface area (Å²) in [7, 11) is -0.240. The van der Waals surface area contributed by atoms with Gasteiger partial charge in [0.2, 0.25) is 0 Å². The van der Waals surface area contributed by atoms with E-state index in [2.05, 4.69) is 4.90 Å². The third-order valence-corrected chi connectivity index (χ3v) is 5.61. The van der Waals surface area contributed by atoms with E-state index >= 15 is 0 Å². The van der Waals surface area contributed by atoms with Crippen molar-refractivity contribution in [2.75, 3.05) is 45.2 Å². The van der Waals surface area contributed by atoms with E-state index in [1.165, 1.54) is 8.61 Å². The van der Waals surface area contributed by atoms with Gasteiger partial charge in [-0.1, -0.05) is 0 Å². The van der Waals surface area contributed by atoms with Gasteiger partial charge in [-0.15, -0.1) is 0 Å². The Hall–Kier alpha value is -1.44. The summed E-state index contributed by atoms with van der Waals surface area (Å²) in [6, 6.07) is 7.43. The lowest BCUT2D eigenvalue weighted by Gasteiger charge is -2.36. The second kappa shape index (κ2) is 6.13. The minimum Gasteiger partial charge on any atom is -0.369 e. The van der Waals surface area contributed by atoms with Crippen molar-refractivity contribution in [3.63, 3.8) is 0 Å². The van der Waals surface area contributed by atoms with Gasteiger partial charge in [0, 0.05) is 51.5 Å². The van der Waals surface area contributed by atoms with Crippen molar-refractivity contribution in [3.8, 4) is 0 Å². The fourth-order valence-corrected chi connectivity index (χ4v) is 3.40. The van der Waals surface area contributed by atoms with E-state index in [9.17, 15) is 13.2 Å². The molecule has 1 aromatic rings. The van der Waals surface area contributed by atoms with Crippen molar-refractivity contribution < 1.29 is 13.2 Å². The average molecular weight is 311 g/mol. The molecule has 0 radical (unpaired) electrons. The molecule has 1 aromatic carbocycles. The van der Waals surface area contributed by atoms with Crippen LogP contribution in [0.2, 0.25) is 0 Å². The highest BCUT2D eigenvalue weighted by atomic mass is 32.2. The van der Waals surface area contributed by atoms with Crippen molar-refractivity contribution in [3.05, 3.63) is 29.8 Å². The molecule has 2 rings (SSSR count). The second-order valence-corrected chi connectivity index (χ2v) is 7.42. The minimum atomic E-state index is -3.33. The van der Waals surface area contributed by atoms with Crippen LogP contribution in [0.1, 0.15) is 17.3 Å². The number of Topliss-reactive ketones (excluding diaryl/α,β-unsaturated/α-hetero) is 1. The molecule has 0 N–H and O–H groups in total. The standard InChI is InChI=1S/C14H21N3O3S/c1-12(18)13-4-6-14(7-5-13)16-8-10-17(11-9-16)21(19,20)15(2)3/h4-7H,8-11H2,1-3H3. The molecule has 7 heteroatoms. The Labute approximate surface area is 126 Å². The van der Waals surface area contributed by atoms with Crippen LogP contribution in [0, 0.1) is 0 Å². The van der Waals surface area contributed by atoms with Gasteiger partial charge in [0.1, 0.15) is 0 Å². The first-order chi connectivity index (χ1) is 9.82. The average Bonchev–Trinajstić information content (AvgIpc) is 2.47. The van der Waals surface area contributed by atoms with Crippen LogP contribution in [0.5, 0.6) is 0 Å². The molecule has 1 heterocycles. The molecule has 1 aliphatic rings. The topological polar surface area (TPSA) is 60.9 Å². The third kappa shape index (κ3) is 3.42. The summed E-state index contributed by atoms with van der Waals surface area (Å²) in [5, 5.41) is 0. The molecule has 0 amide bonds. The quantitative estimate of drug-likeness (QED) is 0.772. The van der Waals surface area contributed by atoms with Crippen LogP contribution in [0.25, 0.3) is 0 Å². The van der Waals surface area contributed by atoms with Crippen LogP contribution < -0.4 is 4.90 Å². The van der Waals surface area contributed by atoms with Gasteiger partial charge in [0.25, 0.3) is 10.2 Å². The Balaban J connectivity index is 2.03. The molecule has 0 aliphatic carbocycles. The van der Waals surface area contributed by atoms with Crippen LogP contribution in [-0.4, -0.2) is 63.1 Å². The molecule has 1 fully saturated rings. The van der Waals surface area contributed by atoms with Crippen molar-refractivity contribution in [1.82, 2.24) is 8.61 Å². The number of carbonyl (C=O) groups excluding carboxylic acids is 1. The van der Waals surface area contributed by atoms with Crippen molar-refractivity contribution in [2.24, 2.45) is 0 Å². The van der Waals surface area contributed by atoms with Gasteiger partial charge >= 0.3 is 0 Å². The highest BCUT2D eigenvalue weighted by Gasteiger charge is 2.28. The first kappa shape index (κ1) is 15.9. The molecule has 21 heavy (non-hydrogen) atoms. The lowest BCUT2D eigenvalue weighted by Crippen LogP contribution is -2.51. The predicted octanol–water partition coefficient (Wildman–Crippen LogP) is 0.818. The lowest BCUT2D eigenvalue weighted by molar-refractivity contribution is 0.101. The summed E-state index contributed by atoms with van der Waals surface area (Å²) >= 11 is 0. The normalized spacial score (nSPS) is 17.2. The number of piperazine rings is 1. The van der Waals surface area contributed by atoms with Crippen molar-refractivity contribution in [1.29, 1.82) is 0 Å². The van der Waals surface area contributed by atoms with Crippen LogP contribution in [-0.2, 0) is 10.2 Å². The van der Waals surface area contributed by atoms with Crippen molar-refractivity contribution >= 4 is 21.7 Å². The third-order valence-electron chi connectivity index (χ3n) is 3.67. The Morgan fingerprint density at radius 1 is 1.05 bits per heavy atom. The maximum atomic E-state index is 12.0. The monoisotopic (exact) mass is 311 g/mol. The number of hydrogen-bond acceptors (Lipinski definition) is 4. The Morgan fingerprint density at radius 2 is 1.57 bits per heavy atom. The van der Waals surface area contributed by atoms with Crippen LogP contribution in [0.3, 0.4) is 0 Å². The van der Waals surface area contributed by atoms with Crippen LogP contribution >= 0.6 is 0 Å². The molecule has 0 spiro atoms. The van der Waals surface area contributed by atoms with Crippen molar-refractivity contribution in [2.45, 2.75) is 6.92 Å². The molecule has 6 nitrogen and oxygen atoms in total. The molecule has 0 bridgehead atoms. The second-order valence-electron chi connectivity index (χ2n) is 5.28. The van der Waals surface area contributed by atoms with Gasteiger partial charge in [0.05, 0.1) is 0 Å². The zero-order valence-corrected chi connectivity index (χ0v) is 13.4. The van der Waals surface area contributed by atoms with Gasteiger partial charge in [0.15, 0.2) is 5.78 Å². The van der Waals surface area contributed by atoms with E-state index < -0.39 is 10.2 Å². The minimum absolute atomic E-state index is 0.0449. The Kier molecular flexibility index (Phi) is 4.65. The number of hydrogen-bond donors (Lipinski definition) is 0. The van der Waals surface area contributed by atoms with E-state index in [1.807, 2.05) is 12.1 Å². The maximum absolute atomic E-state index is 12.0. The number of benzene rings is 1. The molecule has 116 valence electrons. The van der Waals surface area contributed by atoms with Gasteiger partial charge in [-0.3, -0.25) is 4.79 Å². The lowest BCUT2D eigenvalue weighted by atomic mass is 10.1. The van der Waals surface area contributed by atoms with E-state index in [0.29, 0.717) is 31.7 Å². The molecular formula is C14H21N3O3S. The fourth-order valence-electron chi connectivity index (χ4n) is 2.31. The SMILES string of the molecule is CC(=O)c1ccc(N2CCN(S(=O)(=O)N(C)C)CC2)cc1. The van der Waals surface area contributed by atoms with E-state index in [0.717, 1.165) is 5.69 Å². The van der Waals surface area contributed by atoms with Gasteiger partial charge in [-0.05, 0) is 31.2 Å². The first-order valence-corrected chi connectivity index (χ1v) is 8.25. The molecule has 1 saturated heterocycles. The molecular weight excluding hydrogens is 290 g/mol. The summed E-state index contributed by atoms with van der Waals surface area (Å²) < 4.78 is 26.8. The Bertz CT molecular complexity index is 603. The summed E-state index contributed by atoms with van der Waals surface area (Å²) in [5.74, 6) is 0.0449. The smallest absolute Gasteiger partial charge is 0.281 e. The summed E-state index contributed by atoms with van der Waals surface area (Å²) in [5.41, 5.74) is 1.70. The highest BCUT2D eigenvalue weighted by Crippen LogP contribution is 2.19. The molecule has 0 aromatic heterocycles. The number of carbonyl (C=O) groups is 1. The van der Waals surface area contributed by atoms with Gasteiger partial charge in [-0.2, -0.15) is 17.0 Å². The number of nitrogens with zero attached hydrogens (tertiary/aromatic N) is 3. The van der Waals surface area contributed by atoms with Crippen LogP contribution in [0.4, 0.5) is 5.69 Å². The number of rotatable bonds is 4. The fraction of sp³-hybridized carbons (Fsp3) is 0.500. The number of anilines is 1. The molecule has 0 atom stereocenters. The van der Waals surface area contributed by atoms with Gasteiger partial charge in [-0.25, -0.2) is 0 Å². The molecule has 0 unspecified atom stereocenters. The summed E-state index contributed by atoms with van der Waals surface area (Å²) in [6.45, 7) is 3.77.